The van der Waals surface area contributed by atoms with E-state index in [2.05, 4.69) is 0 Å². The molecule has 0 saturated carbocycles. The Morgan fingerprint density at radius 1 is 1.47 bits per heavy atom. The third-order valence-corrected chi connectivity index (χ3v) is 3.20. The molecule has 1 rings (SSSR count). The van der Waals surface area contributed by atoms with Crippen LogP contribution in [0.3, 0.4) is 0 Å². The maximum absolute atomic E-state index is 11.0. The number of hydrogen-bond donors (Lipinski definition) is 2. The van der Waals surface area contributed by atoms with Crippen LogP contribution in [0.25, 0.3) is 0 Å². The highest BCUT2D eigenvalue weighted by Gasteiger charge is 2.34. The molecule has 17 heavy (non-hydrogen) atoms. The van der Waals surface area contributed by atoms with E-state index in [0.717, 1.165) is 16.9 Å². The number of nitrogens with two attached hydrogens (primary N) is 1. The Kier molecular flexibility index (Phi) is 3.78. The Labute approximate surface area is 101 Å². The number of rotatable bonds is 4. The number of carboxylic acids is 1. The minimum atomic E-state index is -1.01. The lowest BCUT2D eigenvalue weighted by atomic mass is 9.78. The summed E-state index contributed by atoms with van der Waals surface area (Å²) in [7, 11) is 1.59. The Bertz CT molecular complexity index is 427. The van der Waals surface area contributed by atoms with E-state index in [0.29, 0.717) is 0 Å². The monoisotopic (exact) mass is 237 g/mol. The summed E-state index contributed by atoms with van der Waals surface area (Å²) in [5.41, 5.74) is 6.94. The second kappa shape index (κ2) is 4.75. The maximum Gasteiger partial charge on any atom is 0.321 e. The molecule has 1 atom stereocenters. The average Bonchev–Trinajstić information content (AvgIpc) is 2.28. The fraction of sp³-hybridized carbons (Fsp3) is 0.462. The molecule has 0 aliphatic rings. The number of ether oxygens (including phenoxy) is 1. The van der Waals surface area contributed by atoms with Gasteiger partial charge in [-0.15, -0.1) is 0 Å². The van der Waals surface area contributed by atoms with E-state index in [1.807, 2.05) is 39.0 Å². The van der Waals surface area contributed by atoms with Gasteiger partial charge in [-0.1, -0.05) is 26.0 Å². The molecular weight excluding hydrogens is 218 g/mol. The quantitative estimate of drug-likeness (QED) is 0.836. The first kappa shape index (κ1) is 13.5. The highest BCUT2D eigenvalue weighted by molar-refractivity contribution is 5.75. The Hall–Kier alpha value is -1.55. The van der Waals surface area contributed by atoms with Gasteiger partial charge >= 0.3 is 5.97 Å². The van der Waals surface area contributed by atoms with Gasteiger partial charge in [-0.2, -0.15) is 0 Å². The summed E-state index contributed by atoms with van der Waals surface area (Å²) in [4.78, 5) is 11.0. The summed E-state index contributed by atoms with van der Waals surface area (Å²) in [6.07, 6.45) is 0. The molecule has 1 unspecified atom stereocenters. The fourth-order valence-corrected chi connectivity index (χ4v) is 1.71. The topological polar surface area (TPSA) is 72.5 Å². The molecule has 94 valence electrons. The molecule has 1 aromatic rings. The van der Waals surface area contributed by atoms with Crippen molar-refractivity contribution in [3.8, 4) is 5.75 Å². The zero-order chi connectivity index (χ0) is 13.2. The van der Waals surface area contributed by atoms with Crippen molar-refractivity contribution in [3.63, 3.8) is 0 Å². The number of carboxylic acid groups (broad SMARTS) is 1. The molecule has 1 aromatic carbocycles. The molecule has 0 aliphatic heterocycles. The van der Waals surface area contributed by atoms with Gasteiger partial charge in [0.1, 0.15) is 11.8 Å². The van der Waals surface area contributed by atoms with Crippen LogP contribution in [0.4, 0.5) is 0 Å². The number of aliphatic carboxylic acids is 1. The van der Waals surface area contributed by atoms with Gasteiger partial charge in [0.25, 0.3) is 0 Å². The van der Waals surface area contributed by atoms with E-state index in [4.69, 9.17) is 15.6 Å². The lowest BCUT2D eigenvalue weighted by molar-refractivity contribution is -0.140. The van der Waals surface area contributed by atoms with E-state index in [1.54, 1.807) is 7.11 Å². The van der Waals surface area contributed by atoms with Crippen molar-refractivity contribution in [2.45, 2.75) is 32.2 Å². The van der Waals surface area contributed by atoms with Gasteiger partial charge in [-0.3, -0.25) is 4.79 Å². The number of methoxy groups -OCH3 is 1. The van der Waals surface area contributed by atoms with Crippen molar-refractivity contribution < 1.29 is 14.6 Å². The first-order chi connectivity index (χ1) is 7.80. The third-order valence-electron chi connectivity index (χ3n) is 3.20. The first-order valence-electron chi connectivity index (χ1n) is 5.44. The lowest BCUT2D eigenvalue weighted by Gasteiger charge is -2.29. The molecular formula is C13H19NO3. The first-order valence-corrected chi connectivity index (χ1v) is 5.44. The minimum absolute atomic E-state index is 0.646. The van der Waals surface area contributed by atoms with Crippen LogP contribution in [0, 0.1) is 6.92 Å². The van der Waals surface area contributed by atoms with Gasteiger partial charge in [-0.25, -0.2) is 0 Å². The molecule has 0 aliphatic carbocycles. The molecule has 0 heterocycles. The van der Waals surface area contributed by atoms with Crippen LogP contribution in [0.1, 0.15) is 25.0 Å². The van der Waals surface area contributed by atoms with Crippen molar-refractivity contribution in [3.05, 3.63) is 29.3 Å². The highest BCUT2D eigenvalue weighted by atomic mass is 16.5. The van der Waals surface area contributed by atoms with Crippen LogP contribution in [0.15, 0.2) is 18.2 Å². The predicted octanol–water partition coefficient (Wildman–Crippen LogP) is 1.69. The average molecular weight is 237 g/mol. The van der Waals surface area contributed by atoms with Gasteiger partial charge in [0, 0.05) is 5.41 Å². The minimum Gasteiger partial charge on any atom is -0.496 e. The summed E-state index contributed by atoms with van der Waals surface area (Å²) in [5.74, 6) is -0.261. The second-order valence-corrected chi connectivity index (χ2v) is 4.72. The lowest BCUT2D eigenvalue weighted by Crippen LogP contribution is -2.46. The molecule has 4 heteroatoms. The van der Waals surface area contributed by atoms with Gasteiger partial charge in [0.2, 0.25) is 0 Å². The molecule has 0 spiro atoms. The van der Waals surface area contributed by atoms with E-state index in [9.17, 15) is 4.79 Å². The van der Waals surface area contributed by atoms with Crippen molar-refractivity contribution in [2.75, 3.05) is 7.11 Å². The van der Waals surface area contributed by atoms with E-state index < -0.39 is 17.4 Å². The van der Waals surface area contributed by atoms with E-state index in [1.165, 1.54) is 0 Å². The normalized spacial score (nSPS) is 13.2. The van der Waals surface area contributed by atoms with Crippen molar-refractivity contribution in [2.24, 2.45) is 5.73 Å². The summed E-state index contributed by atoms with van der Waals surface area (Å²) < 4.78 is 5.23. The number of benzene rings is 1. The predicted molar refractivity (Wildman–Crippen MR) is 66.4 cm³/mol. The summed E-state index contributed by atoms with van der Waals surface area (Å²) in [6.45, 7) is 5.57. The van der Waals surface area contributed by atoms with Crippen molar-refractivity contribution >= 4 is 5.97 Å². The second-order valence-electron chi connectivity index (χ2n) is 4.72. The zero-order valence-corrected chi connectivity index (χ0v) is 10.7. The highest BCUT2D eigenvalue weighted by Crippen LogP contribution is 2.30. The van der Waals surface area contributed by atoms with Crippen LogP contribution in [-0.2, 0) is 10.2 Å². The van der Waals surface area contributed by atoms with Gasteiger partial charge in [-0.05, 0) is 24.1 Å². The fourth-order valence-electron chi connectivity index (χ4n) is 1.71. The SMILES string of the molecule is COc1cc(C(C)(C)C(N)C(=O)O)ccc1C. The molecule has 0 saturated heterocycles. The number of carbonyl (C=O) groups is 1. The molecule has 0 radical (unpaired) electrons. The molecule has 4 nitrogen and oxygen atoms in total. The molecule has 0 bridgehead atoms. The van der Waals surface area contributed by atoms with Crippen molar-refractivity contribution in [1.82, 2.24) is 0 Å². The van der Waals surface area contributed by atoms with Crippen LogP contribution in [0.5, 0.6) is 5.75 Å². The zero-order valence-electron chi connectivity index (χ0n) is 10.7. The summed E-state index contributed by atoms with van der Waals surface area (Å²) >= 11 is 0. The summed E-state index contributed by atoms with van der Waals surface area (Å²) in [5, 5.41) is 9.00. The molecule has 3 N–H and O–H groups in total. The summed E-state index contributed by atoms with van der Waals surface area (Å²) in [6, 6.07) is 4.69. The smallest absolute Gasteiger partial charge is 0.321 e. The van der Waals surface area contributed by atoms with Gasteiger partial charge < -0.3 is 15.6 Å². The Balaban J connectivity index is 3.19. The standard InChI is InChI=1S/C13H19NO3/c1-8-5-6-9(7-10(8)17-4)13(2,3)11(14)12(15)16/h5-7,11H,14H2,1-4H3,(H,15,16). The number of aryl methyl sites for hydroxylation is 1. The Morgan fingerprint density at radius 2 is 2.06 bits per heavy atom. The van der Waals surface area contributed by atoms with E-state index >= 15 is 0 Å². The Morgan fingerprint density at radius 3 is 2.53 bits per heavy atom. The largest absolute Gasteiger partial charge is 0.496 e. The maximum atomic E-state index is 11.0. The third kappa shape index (κ3) is 2.58. The van der Waals surface area contributed by atoms with E-state index in [-0.39, 0.29) is 0 Å². The molecule has 0 fully saturated rings. The van der Waals surface area contributed by atoms with Crippen LogP contribution in [0.2, 0.25) is 0 Å². The molecule has 0 amide bonds. The number of hydrogen-bond acceptors (Lipinski definition) is 3. The molecule has 0 aromatic heterocycles. The van der Waals surface area contributed by atoms with Crippen LogP contribution < -0.4 is 10.5 Å². The van der Waals surface area contributed by atoms with Gasteiger partial charge in [0.15, 0.2) is 0 Å². The van der Waals surface area contributed by atoms with Gasteiger partial charge in [0.05, 0.1) is 7.11 Å². The van der Waals surface area contributed by atoms with Crippen LogP contribution >= 0.6 is 0 Å². The van der Waals surface area contributed by atoms with Crippen LogP contribution in [-0.4, -0.2) is 24.2 Å². The van der Waals surface area contributed by atoms with Crippen molar-refractivity contribution in [1.29, 1.82) is 0 Å².